The molecule has 0 saturated carbocycles. The lowest BCUT2D eigenvalue weighted by atomic mass is 9.97. The summed E-state index contributed by atoms with van der Waals surface area (Å²) < 4.78 is 32.3. The van der Waals surface area contributed by atoms with E-state index in [4.69, 9.17) is 4.74 Å². The number of aliphatic hydroxyl groups excluding tert-OH is 1. The molecule has 0 bridgehead atoms. The first kappa shape index (κ1) is 26.5. The Bertz CT molecular complexity index is 1420. The molecule has 38 heavy (non-hydrogen) atoms. The largest absolute Gasteiger partial charge is 0.482 e. The first-order chi connectivity index (χ1) is 18.2. The summed E-state index contributed by atoms with van der Waals surface area (Å²) in [7, 11) is -1.69. The Balaban J connectivity index is 1.40. The SMILES string of the molecule is CN(C(=O)COc1cccc2c1N(S(C)(=O)=O)CCC2)[C@H](CN1CC[C@H](O)C1)c1cccc2ccccc12. The summed E-state index contributed by atoms with van der Waals surface area (Å²) in [5.41, 5.74) is 2.48. The van der Waals surface area contributed by atoms with E-state index in [2.05, 4.69) is 29.2 Å². The van der Waals surface area contributed by atoms with Crippen LogP contribution >= 0.6 is 0 Å². The van der Waals surface area contributed by atoms with Crippen molar-refractivity contribution in [2.24, 2.45) is 0 Å². The number of amides is 1. The molecule has 0 aromatic heterocycles. The van der Waals surface area contributed by atoms with Crippen LogP contribution in [0.4, 0.5) is 5.69 Å². The summed E-state index contributed by atoms with van der Waals surface area (Å²) in [6.45, 7) is 2.13. The van der Waals surface area contributed by atoms with E-state index in [1.54, 1.807) is 18.0 Å². The molecule has 8 nitrogen and oxygen atoms in total. The van der Waals surface area contributed by atoms with Gasteiger partial charge in [-0.05, 0) is 47.2 Å². The van der Waals surface area contributed by atoms with Crippen molar-refractivity contribution in [2.45, 2.75) is 31.4 Å². The number of carbonyl (C=O) groups is 1. The van der Waals surface area contributed by atoms with Crippen LogP contribution in [-0.4, -0.2) is 81.4 Å². The number of aryl methyl sites for hydroxylation is 1. The first-order valence-corrected chi connectivity index (χ1v) is 14.9. The number of fused-ring (bicyclic) bond motifs is 2. The van der Waals surface area contributed by atoms with E-state index in [1.165, 1.54) is 10.6 Å². The lowest BCUT2D eigenvalue weighted by Gasteiger charge is -2.33. The van der Waals surface area contributed by atoms with Crippen LogP contribution in [0.5, 0.6) is 5.75 Å². The van der Waals surface area contributed by atoms with Gasteiger partial charge in [-0.25, -0.2) is 8.42 Å². The maximum atomic E-state index is 13.6. The topological polar surface area (TPSA) is 90.4 Å². The highest BCUT2D eigenvalue weighted by molar-refractivity contribution is 7.92. The molecule has 1 amide bonds. The Kier molecular flexibility index (Phi) is 7.61. The van der Waals surface area contributed by atoms with Crippen molar-refractivity contribution >= 4 is 32.4 Å². The van der Waals surface area contributed by atoms with Gasteiger partial charge in [-0.2, -0.15) is 0 Å². The number of β-amino-alcohol motifs (C(OH)–C–C–N with tert-alkyl or cyclic N) is 1. The maximum Gasteiger partial charge on any atom is 0.260 e. The standard InChI is InChI=1S/C29H35N3O5S/c1-30(28(34)20-37-27-14-6-10-22-11-7-16-32(29(22)27)38(2,35)36)26(19-31-17-15-23(33)18-31)25-13-5-9-21-8-3-4-12-24(21)25/h3-6,8-10,12-14,23,26,33H,7,11,15-20H2,1-2H3/t23-,26+/m0/s1. The monoisotopic (exact) mass is 537 g/mol. The number of carbonyl (C=O) groups excluding carboxylic acids is 1. The van der Waals surface area contributed by atoms with Gasteiger partial charge in [0.25, 0.3) is 5.91 Å². The normalized spacial score (nSPS) is 18.8. The number of sulfonamides is 1. The number of likely N-dealkylation sites (N-methyl/N-ethyl adjacent to an activating group) is 1. The lowest BCUT2D eigenvalue weighted by Crippen LogP contribution is -2.41. The number of nitrogens with zero attached hydrogens (tertiary/aromatic N) is 3. The number of hydrogen-bond acceptors (Lipinski definition) is 6. The number of aliphatic hydroxyl groups is 1. The minimum Gasteiger partial charge on any atom is -0.482 e. The van der Waals surface area contributed by atoms with Crippen molar-refractivity contribution in [3.8, 4) is 5.75 Å². The Morgan fingerprint density at radius 2 is 1.87 bits per heavy atom. The zero-order chi connectivity index (χ0) is 26.9. The Morgan fingerprint density at radius 1 is 1.11 bits per heavy atom. The molecule has 1 saturated heterocycles. The second-order valence-electron chi connectivity index (χ2n) is 10.3. The quantitative estimate of drug-likeness (QED) is 0.475. The fourth-order valence-electron chi connectivity index (χ4n) is 5.63. The van der Waals surface area contributed by atoms with Gasteiger partial charge in [0, 0.05) is 33.2 Å². The number of anilines is 1. The van der Waals surface area contributed by atoms with Crippen LogP contribution < -0.4 is 9.04 Å². The molecule has 0 spiro atoms. The highest BCUT2D eigenvalue weighted by Crippen LogP contribution is 2.38. The van der Waals surface area contributed by atoms with E-state index >= 15 is 0 Å². The summed E-state index contributed by atoms with van der Waals surface area (Å²) in [5, 5.41) is 12.3. The molecule has 0 unspecified atom stereocenters. The predicted octanol–water partition coefficient (Wildman–Crippen LogP) is 3.20. The molecule has 2 heterocycles. The molecule has 1 N–H and O–H groups in total. The van der Waals surface area contributed by atoms with Gasteiger partial charge in [-0.1, -0.05) is 54.6 Å². The molecule has 3 aromatic carbocycles. The Hall–Kier alpha value is -3.14. The van der Waals surface area contributed by atoms with Crippen molar-refractivity contribution in [3.63, 3.8) is 0 Å². The first-order valence-electron chi connectivity index (χ1n) is 13.1. The number of hydrogen-bond donors (Lipinski definition) is 1. The predicted molar refractivity (Wildman–Crippen MR) is 149 cm³/mol. The average molecular weight is 538 g/mol. The fraction of sp³-hybridized carbons (Fsp3) is 0.414. The summed E-state index contributed by atoms with van der Waals surface area (Å²) in [5.74, 6) is 0.195. The van der Waals surface area contributed by atoms with Gasteiger partial charge < -0.3 is 14.7 Å². The molecule has 2 aliphatic heterocycles. The van der Waals surface area contributed by atoms with Crippen LogP contribution in [0.1, 0.15) is 30.0 Å². The zero-order valence-corrected chi connectivity index (χ0v) is 22.7. The van der Waals surface area contributed by atoms with Gasteiger partial charge >= 0.3 is 0 Å². The molecule has 9 heteroatoms. The average Bonchev–Trinajstić information content (AvgIpc) is 3.33. The van der Waals surface area contributed by atoms with Crippen molar-refractivity contribution in [1.29, 1.82) is 0 Å². The Labute approximate surface area is 224 Å². The van der Waals surface area contributed by atoms with Gasteiger partial charge in [-0.15, -0.1) is 0 Å². The molecule has 202 valence electrons. The molecule has 3 aromatic rings. The minimum atomic E-state index is -3.47. The molecular formula is C29H35N3O5S. The summed E-state index contributed by atoms with van der Waals surface area (Å²) in [4.78, 5) is 17.5. The van der Waals surface area contributed by atoms with Gasteiger partial charge in [0.15, 0.2) is 6.61 Å². The van der Waals surface area contributed by atoms with Gasteiger partial charge in [-0.3, -0.25) is 14.0 Å². The van der Waals surface area contributed by atoms with Crippen molar-refractivity contribution < 1.29 is 23.1 Å². The minimum absolute atomic E-state index is 0.206. The smallest absolute Gasteiger partial charge is 0.260 e. The molecule has 0 radical (unpaired) electrons. The van der Waals surface area contributed by atoms with Crippen LogP contribution in [0.3, 0.4) is 0 Å². The molecule has 5 rings (SSSR count). The molecule has 1 fully saturated rings. The second-order valence-corrected chi connectivity index (χ2v) is 12.2. The summed E-state index contributed by atoms with van der Waals surface area (Å²) >= 11 is 0. The van der Waals surface area contributed by atoms with Crippen molar-refractivity contribution in [2.75, 3.05) is 50.4 Å². The van der Waals surface area contributed by atoms with Gasteiger partial charge in [0.1, 0.15) is 5.75 Å². The number of ether oxygens (including phenoxy) is 1. The van der Waals surface area contributed by atoms with Crippen LogP contribution in [0.2, 0.25) is 0 Å². The number of likely N-dealkylation sites (tertiary alicyclic amines) is 1. The van der Waals surface area contributed by atoms with E-state index in [0.717, 1.165) is 47.7 Å². The van der Waals surface area contributed by atoms with E-state index in [9.17, 15) is 18.3 Å². The van der Waals surface area contributed by atoms with Crippen LogP contribution in [0, 0.1) is 0 Å². The fourth-order valence-corrected chi connectivity index (χ4v) is 6.63. The van der Waals surface area contributed by atoms with Gasteiger partial charge in [0.2, 0.25) is 10.0 Å². The van der Waals surface area contributed by atoms with Crippen LogP contribution in [-0.2, 0) is 21.2 Å². The highest BCUT2D eigenvalue weighted by atomic mass is 32.2. The molecule has 2 aliphatic rings. The third-order valence-corrected chi connectivity index (χ3v) is 8.78. The molecule has 2 atom stereocenters. The number of rotatable bonds is 8. The molecular weight excluding hydrogens is 502 g/mol. The highest BCUT2D eigenvalue weighted by Gasteiger charge is 2.31. The third-order valence-electron chi connectivity index (χ3n) is 7.61. The third kappa shape index (κ3) is 5.50. The van der Waals surface area contributed by atoms with E-state index in [0.29, 0.717) is 31.1 Å². The molecule has 0 aliphatic carbocycles. The van der Waals surface area contributed by atoms with E-state index < -0.39 is 10.0 Å². The zero-order valence-electron chi connectivity index (χ0n) is 21.9. The number of benzene rings is 3. The van der Waals surface area contributed by atoms with Gasteiger partial charge in [0.05, 0.1) is 24.1 Å². The summed E-state index contributed by atoms with van der Waals surface area (Å²) in [6.07, 6.45) is 3.07. The Morgan fingerprint density at radius 3 is 2.63 bits per heavy atom. The second kappa shape index (κ2) is 10.9. The van der Waals surface area contributed by atoms with E-state index in [1.807, 2.05) is 30.3 Å². The van der Waals surface area contributed by atoms with Crippen LogP contribution in [0.15, 0.2) is 60.7 Å². The van der Waals surface area contributed by atoms with Crippen molar-refractivity contribution in [3.05, 3.63) is 71.8 Å². The maximum absolute atomic E-state index is 13.6. The van der Waals surface area contributed by atoms with E-state index in [-0.39, 0.29) is 24.7 Å². The van der Waals surface area contributed by atoms with Crippen LogP contribution in [0.25, 0.3) is 10.8 Å². The van der Waals surface area contributed by atoms with Crippen molar-refractivity contribution in [1.82, 2.24) is 9.80 Å². The number of para-hydroxylation sites is 1. The lowest BCUT2D eigenvalue weighted by molar-refractivity contribution is -0.134. The summed E-state index contributed by atoms with van der Waals surface area (Å²) in [6, 6.07) is 19.5.